The molecular weight excluding hydrogens is 932 g/mol. The minimum absolute atomic E-state index is 0.00262. The van der Waals surface area contributed by atoms with Crippen LogP contribution in [0.25, 0.3) is 0 Å². The molecule has 5 rings (SSSR count). The zero-order valence-corrected chi connectivity index (χ0v) is 43.2. The van der Waals surface area contributed by atoms with Gasteiger partial charge in [-0.25, -0.2) is 15.0 Å². The lowest BCUT2D eigenvalue weighted by Gasteiger charge is -2.42. The van der Waals surface area contributed by atoms with E-state index >= 15 is 0 Å². The molecule has 0 unspecified atom stereocenters. The normalized spacial score (nSPS) is 27.3. The summed E-state index contributed by atoms with van der Waals surface area (Å²) >= 11 is 6.84. The first-order valence-corrected chi connectivity index (χ1v) is 25.3. The molecule has 2 aromatic rings. The van der Waals surface area contributed by atoms with Crippen molar-refractivity contribution in [2.24, 2.45) is 22.4 Å². The second-order valence-corrected chi connectivity index (χ2v) is 22.4. The third kappa shape index (κ3) is 13.5. The van der Waals surface area contributed by atoms with Gasteiger partial charge in [-0.1, -0.05) is 83.0 Å². The van der Waals surface area contributed by atoms with Crippen molar-refractivity contribution < 1.29 is 48.0 Å². The van der Waals surface area contributed by atoms with Gasteiger partial charge in [0.15, 0.2) is 5.72 Å². The molecule has 2 aromatic carbocycles. The minimum Gasteiger partial charge on any atom is -0.495 e. The van der Waals surface area contributed by atoms with Gasteiger partial charge < -0.3 is 39.6 Å². The lowest BCUT2D eigenvalue weighted by Crippen LogP contribution is -2.63. The number of hydrazone groups is 1. The average molecular weight is 1000 g/mol. The summed E-state index contributed by atoms with van der Waals surface area (Å²) < 4.78 is 22.9. The summed E-state index contributed by atoms with van der Waals surface area (Å²) in [6.07, 6.45) is 2.90. The number of alkyl carbamates (subject to hydrolysis) is 1. The van der Waals surface area contributed by atoms with Crippen LogP contribution in [0.5, 0.6) is 5.75 Å². The number of fused-ring (bicyclic) bond motifs is 5. The van der Waals surface area contributed by atoms with Crippen molar-refractivity contribution in [3.05, 3.63) is 76.3 Å². The van der Waals surface area contributed by atoms with E-state index in [-0.39, 0.29) is 60.3 Å². The number of esters is 1. The highest BCUT2D eigenvalue weighted by Gasteiger charge is 2.62. The Balaban J connectivity index is 1.29. The predicted octanol–water partition coefficient (Wildman–Crippen LogP) is 7.45. The SMILES string of the molecule is COc1cc2cc(c1Cl)N(C)C(=O)C[C@H](OC(=O)[C@H](C)N(C)C(=O)CCSSC(C)(C)CC(=O)N/N=C(/C)c1ccc(N)cc1)[C@@]1(C)C[C@H]1[C@H](C)[C@@H]1C[C@@](O)(NC(=O)O1)[C@H](OC)/C=C/C=C(\C)C2. The monoisotopic (exact) mass is 998 g/mol. The smallest absolute Gasteiger partial charge is 0.409 e. The number of carbonyl (C=O) groups is 5. The minimum atomic E-state index is -1.80. The largest absolute Gasteiger partial charge is 0.495 e. The average Bonchev–Trinajstić information content (AvgIpc) is 3.98. The molecule has 372 valence electrons. The van der Waals surface area contributed by atoms with Crippen LogP contribution >= 0.6 is 33.2 Å². The molecule has 4 bridgehead atoms. The third-order valence-corrected chi connectivity index (χ3v) is 16.9. The summed E-state index contributed by atoms with van der Waals surface area (Å²) in [4.78, 5) is 70.6. The van der Waals surface area contributed by atoms with Crippen molar-refractivity contribution >= 4 is 80.1 Å². The molecule has 1 saturated carbocycles. The summed E-state index contributed by atoms with van der Waals surface area (Å²) in [6, 6.07) is 9.81. The van der Waals surface area contributed by atoms with Gasteiger partial charge in [0.25, 0.3) is 0 Å². The maximum atomic E-state index is 14.4. The fourth-order valence-corrected chi connectivity index (χ4v) is 11.5. The van der Waals surface area contributed by atoms with E-state index < -0.39 is 52.3 Å². The molecule has 3 aliphatic rings. The van der Waals surface area contributed by atoms with Crippen LogP contribution in [0.4, 0.5) is 16.2 Å². The number of ether oxygens (including phenoxy) is 4. The Morgan fingerprint density at radius 1 is 1.18 bits per heavy atom. The van der Waals surface area contributed by atoms with Crippen LogP contribution in [0.3, 0.4) is 0 Å². The maximum absolute atomic E-state index is 14.4. The van der Waals surface area contributed by atoms with Crippen LogP contribution in [-0.4, -0.2) is 114 Å². The van der Waals surface area contributed by atoms with Crippen LogP contribution in [0.15, 0.2) is 65.3 Å². The molecule has 68 heavy (non-hydrogen) atoms. The van der Waals surface area contributed by atoms with Gasteiger partial charge in [0, 0.05) is 62.1 Å². The number of carbonyl (C=O) groups excluding carboxylic acids is 5. The van der Waals surface area contributed by atoms with E-state index in [0.29, 0.717) is 41.4 Å². The molecule has 0 aromatic heterocycles. The van der Waals surface area contributed by atoms with Crippen molar-refractivity contribution in [2.45, 2.75) is 122 Å². The van der Waals surface area contributed by atoms with E-state index in [9.17, 15) is 29.1 Å². The molecule has 2 aliphatic heterocycles. The Morgan fingerprint density at radius 2 is 1.87 bits per heavy atom. The summed E-state index contributed by atoms with van der Waals surface area (Å²) in [7, 11) is 9.02. The zero-order valence-electron chi connectivity index (χ0n) is 40.8. The van der Waals surface area contributed by atoms with Gasteiger partial charge in [0.2, 0.25) is 17.7 Å². The van der Waals surface area contributed by atoms with E-state index in [1.807, 2.05) is 58.9 Å². The van der Waals surface area contributed by atoms with Crippen molar-refractivity contribution in [1.82, 2.24) is 15.6 Å². The van der Waals surface area contributed by atoms with E-state index in [4.69, 9.17) is 36.3 Å². The summed E-state index contributed by atoms with van der Waals surface area (Å²) in [5.74, 6) is -1.37. The number of methoxy groups -OCH3 is 2. The van der Waals surface area contributed by atoms with Crippen LogP contribution in [0, 0.1) is 17.3 Å². The molecule has 2 fully saturated rings. The van der Waals surface area contributed by atoms with Crippen molar-refractivity contribution in [3.63, 3.8) is 0 Å². The standard InChI is InChI=1S/C49H67ClN6O10S2/c1-28-13-12-14-39(64-11)49(62)26-38(65-46(61)52-49)29(2)35-25-48(35,7)40(24-43(59)56(9)36-22-32(21-28)23-37(63-10)44(36)50)66-45(60)31(4)55(8)42(58)19-20-67-68-47(5,6)27-41(57)54-53-30(3)33-15-17-34(51)18-16-33/h12-18,22-23,29,31,35,38-40,62H,19-21,24-27,51H2,1-11H3,(H,52,61)(H,54,57)/b14-12+,28-13+,53-30-/t29-,31-,35-,38-,39+,40-,48-,49-/m0/s1. The maximum Gasteiger partial charge on any atom is 0.409 e. The van der Waals surface area contributed by atoms with Gasteiger partial charge >= 0.3 is 12.1 Å². The predicted molar refractivity (Wildman–Crippen MR) is 268 cm³/mol. The lowest BCUT2D eigenvalue weighted by atomic mass is 9.83. The molecule has 2 heterocycles. The number of nitrogen functional groups attached to an aromatic ring is 1. The Bertz CT molecular complexity index is 2290. The molecule has 19 heteroatoms. The molecule has 1 aliphatic carbocycles. The number of likely N-dealkylation sites (N-methyl/N-ethyl adjacent to an activating group) is 1. The topological polar surface area (TPSA) is 211 Å². The van der Waals surface area contributed by atoms with E-state index in [2.05, 4.69) is 15.8 Å². The first kappa shape index (κ1) is 54.2. The van der Waals surface area contributed by atoms with Crippen molar-refractivity contribution in [3.8, 4) is 5.75 Å². The fraction of sp³-hybridized carbons (Fsp3) is 0.551. The number of amides is 4. The molecule has 8 atom stereocenters. The van der Waals surface area contributed by atoms with Gasteiger partial charge in [0.1, 0.15) is 35.1 Å². The van der Waals surface area contributed by atoms with Crippen LogP contribution in [-0.2, 0) is 39.8 Å². The van der Waals surface area contributed by atoms with Gasteiger partial charge in [-0.05, 0) is 94.7 Å². The highest BCUT2D eigenvalue weighted by atomic mass is 35.5. The first-order chi connectivity index (χ1) is 31.9. The van der Waals surface area contributed by atoms with Crippen LogP contribution < -0.4 is 26.1 Å². The van der Waals surface area contributed by atoms with Crippen molar-refractivity contribution in [1.29, 1.82) is 0 Å². The highest BCUT2D eigenvalue weighted by molar-refractivity contribution is 8.77. The summed E-state index contributed by atoms with van der Waals surface area (Å²) in [6.45, 7) is 13.0. The Morgan fingerprint density at radius 3 is 2.53 bits per heavy atom. The molecule has 1 saturated heterocycles. The number of benzene rings is 2. The molecule has 5 N–H and O–H groups in total. The second kappa shape index (κ2) is 22.8. The van der Waals surface area contributed by atoms with Gasteiger partial charge in [-0.3, -0.25) is 19.7 Å². The number of anilines is 2. The van der Waals surface area contributed by atoms with E-state index in [1.165, 1.54) is 52.7 Å². The Hall–Kier alpha value is -4.75. The molecule has 16 nitrogen and oxygen atoms in total. The number of hydrogen-bond donors (Lipinski definition) is 4. The van der Waals surface area contributed by atoms with Crippen LogP contribution in [0.2, 0.25) is 5.02 Å². The summed E-state index contributed by atoms with van der Waals surface area (Å²) in [5, 5.41) is 18.9. The number of hydrogen-bond acceptors (Lipinski definition) is 14. The highest BCUT2D eigenvalue weighted by Crippen LogP contribution is 2.61. The zero-order chi connectivity index (χ0) is 50.3. The number of nitrogens with two attached hydrogens (primary N) is 1. The molecule has 4 amide bonds. The third-order valence-electron chi connectivity index (χ3n) is 13.2. The Kier molecular flexibility index (Phi) is 18.2. The summed E-state index contributed by atoms with van der Waals surface area (Å²) in [5.41, 5.74) is 10.1. The number of halogens is 1. The number of nitrogens with zero attached hydrogens (tertiary/aromatic N) is 3. The first-order valence-electron chi connectivity index (χ1n) is 22.6. The number of allylic oxidation sites excluding steroid dienone is 3. The van der Waals surface area contributed by atoms with Gasteiger partial charge in [0.05, 0.1) is 24.9 Å². The van der Waals surface area contributed by atoms with E-state index in [0.717, 1.165) is 16.7 Å². The van der Waals surface area contributed by atoms with E-state index in [1.54, 1.807) is 51.2 Å². The fourth-order valence-electron chi connectivity index (χ4n) is 8.67. The number of rotatable bonds is 14. The van der Waals surface area contributed by atoms with Crippen LogP contribution in [0.1, 0.15) is 91.7 Å². The quantitative estimate of drug-likeness (QED) is 0.0362. The molecule has 0 radical (unpaired) electrons. The molecular formula is C49H67ClN6O10S2. The Labute approximate surface area is 412 Å². The van der Waals surface area contributed by atoms with Gasteiger partial charge in [-0.2, -0.15) is 5.10 Å². The second-order valence-electron chi connectivity index (χ2n) is 18.9. The molecule has 0 spiro atoms. The van der Waals surface area contributed by atoms with Gasteiger partial charge in [-0.15, -0.1) is 0 Å². The number of nitrogens with one attached hydrogen (secondary N) is 2. The number of aliphatic hydroxyl groups is 1. The lowest BCUT2D eigenvalue weighted by molar-refractivity contribution is -0.163. The van der Waals surface area contributed by atoms with Crippen molar-refractivity contribution in [2.75, 3.05) is 44.7 Å².